The number of hydrogen-bond acceptors (Lipinski definition) is 7. The molecule has 0 saturated carbocycles. The molecule has 3 heterocycles. The SMILES string of the molecule is Cc1nnc(CN=C(NCCCN2CCOCC2)NCC(C)(O)c2cccs2)n1C.I. The highest BCUT2D eigenvalue weighted by molar-refractivity contribution is 14.0. The van der Waals surface area contributed by atoms with E-state index >= 15 is 0 Å². The van der Waals surface area contributed by atoms with Gasteiger partial charge in [0.05, 0.1) is 19.8 Å². The van der Waals surface area contributed by atoms with Crippen molar-refractivity contribution >= 4 is 41.3 Å². The number of halogens is 1. The molecule has 3 N–H and O–H groups in total. The highest BCUT2D eigenvalue weighted by atomic mass is 127. The van der Waals surface area contributed by atoms with E-state index in [-0.39, 0.29) is 24.0 Å². The summed E-state index contributed by atoms with van der Waals surface area (Å²) in [5.74, 6) is 2.32. The molecule has 1 aliphatic heterocycles. The number of aromatic nitrogens is 3. The average molecular weight is 564 g/mol. The minimum absolute atomic E-state index is 0. The van der Waals surface area contributed by atoms with Crippen molar-refractivity contribution in [2.24, 2.45) is 12.0 Å². The van der Waals surface area contributed by atoms with Crippen molar-refractivity contribution < 1.29 is 9.84 Å². The first-order valence-corrected chi connectivity index (χ1v) is 11.3. The molecular weight excluding hydrogens is 529 g/mol. The van der Waals surface area contributed by atoms with Crippen LogP contribution in [0.1, 0.15) is 29.9 Å². The molecule has 1 saturated heterocycles. The molecule has 2 aromatic rings. The van der Waals surface area contributed by atoms with Crippen LogP contribution < -0.4 is 10.6 Å². The molecule has 0 radical (unpaired) electrons. The van der Waals surface area contributed by atoms with E-state index in [4.69, 9.17) is 4.74 Å². The molecule has 2 aromatic heterocycles. The van der Waals surface area contributed by atoms with Gasteiger partial charge in [-0.25, -0.2) is 4.99 Å². The maximum Gasteiger partial charge on any atom is 0.191 e. The molecule has 0 spiro atoms. The van der Waals surface area contributed by atoms with Gasteiger partial charge in [-0.1, -0.05) is 6.07 Å². The zero-order valence-electron chi connectivity index (χ0n) is 18.5. The lowest BCUT2D eigenvalue weighted by atomic mass is 10.1. The summed E-state index contributed by atoms with van der Waals surface area (Å²) >= 11 is 1.55. The lowest BCUT2D eigenvalue weighted by Crippen LogP contribution is -2.45. The number of thiophene rings is 1. The van der Waals surface area contributed by atoms with Gasteiger partial charge in [0.25, 0.3) is 0 Å². The second-order valence-electron chi connectivity index (χ2n) is 7.73. The highest BCUT2D eigenvalue weighted by Crippen LogP contribution is 2.24. The van der Waals surface area contributed by atoms with E-state index < -0.39 is 5.60 Å². The van der Waals surface area contributed by atoms with Gasteiger partial charge in [-0.3, -0.25) is 4.90 Å². The fraction of sp³-hybridized carbons (Fsp3) is 0.650. The first-order chi connectivity index (χ1) is 14.5. The zero-order valence-corrected chi connectivity index (χ0v) is 21.7. The van der Waals surface area contributed by atoms with Gasteiger partial charge in [0, 0.05) is 31.6 Å². The Kier molecular flexibility index (Phi) is 10.6. The molecule has 31 heavy (non-hydrogen) atoms. The number of aryl methyl sites for hydroxylation is 1. The third-order valence-corrected chi connectivity index (χ3v) is 6.38. The number of aliphatic imine (C=N–C) groups is 1. The molecule has 9 nitrogen and oxygen atoms in total. The molecule has 0 amide bonds. The van der Waals surface area contributed by atoms with Gasteiger partial charge in [0.15, 0.2) is 11.8 Å². The Morgan fingerprint density at radius 1 is 1.32 bits per heavy atom. The van der Waals surface area contributed by atoms with Crippen LogP contribution in [0.4, 0.5) is 0 Å². The van der Waals surface area contributed by atoms with Crippen LogP contribution in [0.25, 0.3) is 0 Å². The van der Waals surface area contributed by atoms with Crippen LogP contribution in [0.2, 0.25) is 0 Å². The summed E-state index contributed by atoms with van der Waals surface area (Å²) in [7, 11) is 1.94. The summed E-state index contributed by atoms with van der Waals surface area (Å²) in [6, 6.07) is 3.89. The summed E-state index contributed by atoms with van der Waals surface area (Å²) in [4.78, 5) is 8.00. The summed E-state index contributed by atoms with van der Waals surface area (Å²) in [6.07, 6.45) is 1.01. The Balaban J connectivity index is 0.00000341. The third-order valence-electron chi connectivity index (χ3n) is 5.26. The molecule has 0 bridgehead atoms. The predicted molar refractivity (Wildman–Crippen MR) is 134 cm³/mol. The molecule has 0 aromatic carbocycles. The number of aliphatic hydroxyl groups is 1. The lowest BCUT2D eigenvalue weighted by molar-refractivity contribution is 0.0376. The standard InChI is InChI=1S/C20H33N7O2S.HI/c1-16-24-25-18(26(16)3)14-22-19(21-7-5-8-27-9-11-29-12-10-27)23-15-20(2,28)17-6-4-13-30-17;/h4,6,13,28H,5,7-12,14-15H2,1-3H3,(H2,21,22,23);1H. The molecule has 1 atom stereocenters. The first kappa shape index (κ1) is 26.0. The van der Waals surface area contributed by atoms with Gasteiger partial charge in [-0.15, -0.1) is 45.5 Å². The third kappa shape index (κ3) is 7.97. The Morgan fingerprint density at radius 3 is 2.74 bits per heavy atom. The fourth-order valence-corrected chi connectivity index (χ4v) is 3.96. The van der Waals surface area contributed by atoms with Crippen molar-refractivity contribution in [2.45, 2.75) is 32.4 Å². The Morgan fingerprint density at radius 2 is 2.10 bits per heavy atom. The van der Waals surface area contributed by atoms with Crippen LogP contribution in [-0.2, 0) is 23.9 Å². The number of nitrogens with zero attached hydrogens (tertiary/aromatic N) is 5. The van der Waals surface area contributed by atoms with E-state index in [1.807, 2.05) is 43.0 Å². The van der Waals surface area contributed by atoms with Crippen LogP contribution in [0.5, 0.6) is 0 Å². The highest BCUT2D eigenvalue weighted by Gasteiger charge is 2.24. The van der Waals surface area contributed by atoms with Gasteiger partial charge >= 0.3 is 0 Å². The summed E-state index contributed by atoms with van der Waals surface area (Å²) < 4.78 is 7.33. The topological polar surface area (TPSA) is 99.8 Å². The van der Waals surface area contributed by atoms with Crippen molar-refractivity contribution in [3.8, 4) is 0 Å². The van der Waals surface area contributed by atoms with Crippen LogP contribution >= 0.6 is 35.3 Å². The van der Waals surface area contributed by atoms with E-state index in [0.717, 1.165) is 62.3 Å². The smallest absolute Gasteiger partial charge is 0.191 e. The van der Waals surface area contributed by atoms with Crippen molar-refractivity contribution in [1.82, 2.24) is 30.3 Å². The van der Waals surface area contributed by atoms with Crippen LogP contribution in [0.15, 0.2) is 22.5 Å². The summed E-state index contributed by atoms with van der Waals surface area (Å²) in [5, 5.41) is 27.7. The largest absolute Gasteiger partial charge is 0.383 e. The second kappa shape index (κ2) is 12.7. The van der Waals surface area contributed by atoms with Crippen LogP contribution in [0.3, 0.4) is 0 Å². The van der Waals surface area contributed by atoms with Crippen molar-refractivity contribution in [2.75, 3.05) is 45.9 Å². The number of morpholine rings is 1. The van der Waals surface area contributed by atoms with E-state index in [1.165, 1.54) is 0 Å². The monoisotopic (exact) mass is 563 g/mol. The van der Waals surface area contributed by atoms with Crippen LogP contribution in [0, 0.1) is 6.92 Å². The fourth-order valence-electron chi connectivity index (χ4n) is 3.17. The maximum atomic E-state index is 10.8. The van der Waals surface area contributed by atoms with Crippen molar-refractivity contribution in [3.63, 3.8) is 0 Å². The average Bonchev–Trinajstić information content (AvgIpc) is 3.40. The van der Waals surface area contributed by atoms with E-state index in [0.29, 0.717) is 19.0 Å². The number of ether oxygens (including phenoxy) is 1. The van der Waals surface area contributed by atoms with Crippen molar-refractivity contribution in [1.29, 1.82) is 0 Å². The van der Waals surface area contributed by atoms with Crippen molar-refractivity contribution in [3.05, 3.63) is 34.0 Å². The molecule has 11 heteroatoms. The number of rotatable bonds is 9. The summed E-state index contributed by atoms with van der Waals surface area (Å²) in [6.45, 7) is 9.95. The van der Waals surface area contributed by atoms with E-state index in [1.54, 1.807) is 11.3 Å². The molecule has 1 aliphatic rings. The number of guanidine groups is 1. The Hall–Kier alpha value is -1.28. The zero-order chi connectivity index (χ0) is 21.4. The quantitative estimate of drug-likeness (QED) is 0.184. The van der Waals surface area contributed by atoms with E-state index in [2.05, 4.69) is 30.7 Å². The van der Waals surface area contributed by atoms with Gasteiger partial charge in [-0.05, 0) is 38.3 Å². The minimum Gasteiger partial charge on any atom is -0.383 e. The summed E-state index contributed by atoms with van der Waals surface area (Å²) in [5.41, 5.74) is -0.966. The predicted octanol–water partition coefficient (Wildman–Crippen LogP) is 1.47. The van der Waals surface area contributed by atoms with Gasteiger partial charge < -0.3 is 25.0 Å². The van der Waals surface area contributed by atoms with Crippen LogP contribution in [-0.4, -0.2) is 76.7 Å². The van der Waals surface area contributed by atoms with Gasteiger partial charge in [0.2, 0.25) is 0 Å². The van der Waals surface area contributed by atoms with Gasteiger partial charge in [0.1, 0.15) is 18.0 Å². The molecule has 1 unspecified atom stereocenters. The molecular formula is C20H34IN7O2S. The molecule has 0 aliphatic carbocycles. The first-order valence-electron chi connectivity index (χ1n) is 10.4. The van der Waals surface area contributed by atoms with Gasteiger partial charge in [-0.2, -0.15) is 0 Å². The lowest BCUT2D eigenvalue weighted by Gasteiger charge is -2.27. The number of nitrogens with one attached hydrogen (secondary N) is 2. The molecule has 174 valence electrons. The molecule has 3 rings (SSSR count). The number of hydrogen-bond donors (Lipinski definition) is 3. The normalized spacial score (nSPS) is 17.1. The Labute approximate surface area is 205 Å². The minimum atomic E-state index is -0.966. The second-order valence-corrected chi connectivity index (χ2v) is 8.67. The van der Waals surface area contributed by atoms with E-state index in [9.17, 15) is 5.11 Å². The molecule has 1 fully saturated rings. The maximum absolute atomic E-state index is 10.8. The Bertz CT molecular complexity index is 805.